The SMILES string of the molecule is BrC1=Cc2ccccc2C1.C1=C(P(c2ccccc2)c2ccccc2)Cc2ccccc21. The zero-order valence-electron chi connectivity index (χ0n) is 17.8. The smallest absolute Gasteiger partial charge is 0.00468 e. The van der Waals surface area contributed by atoms with Crippen molar-refractivity contribution in [3.05, 3.63) is 141 Å². The zero-order valence-corrected chi connectivity index (χ0v) is 20.3. The quantitative estimate of drug-likeness (QED) is 0.256. The molecule has 156 valence electrons. The molecule has 0 aromatic heterocycles. The summed E-state index contributed by atoms with van der Waals surface area (Å²) >= 11 is 3.48. The summed E-state index contributed by atoms with van der Waals surface area (Å²) in [6, 6.07) is 39.1. The van der Waals surface area contributed by atoms with Crippen LogP contribution in [0.4, 0.5) is 0 Å². The van der Waals surface area contributed by atoms with Crippen molar-refractivity contribution in [1.82, 2.24) is 0 Å². The van der Waals surface area contributed by atoms with E-state index in [0.29, 0.717) is 0 Å². The number of hydrogen-bond acceptors (Lipinski definition) is 0. The summed E-state index contributed by atoms with van der Waals surface area (Å²) in [5, 5.41) is 4.42. The van der Waals surface area contributed by atoms with Crippen LogP contribution in [0.25, 0.3) is 12.2 Å². The van der Waals surface area contributed by atoms with Gasteiger partial charge in [0.25, 0.3) is 0 Å². The topological polar surface area (TPSA) is 0 Å². The van der Waals surface area contributed by atoms with Crippen molar-refractivity contribution in [3.8, 4) is 0 Å². The minimum Gasteiger partial charge on any atom is -0.0622 e. The van der Waals surface area contributed by atoms with Crippen LogP contribution in [0.1, 0.15) is 22.3 Å². The normalized spacial score (nSPS) is 13.6. The predicted octanol–water partition coefficient (Wildman–Crippen LogP) is 7.70. The summed E-state index contributed by atoms with van der Waals surface area (Å²) < 4.78 is 1.29. The molecule has 0 fully saturated rings. The molecule has 0 bridgehead atoms. The number of halogens is 1. The van der Waals surface area contributed by atoms with Gasteiger partial charge in [-0.2, -0.15) is 0 Å². The number of rotatable bonds is 3. The van der Waals surface area contributed by atoms with Crippen LogP contribution < -0.4 is 10.6 Å². The van der Waals surface area contributed by atoms with E-state index in [1.807, 2.05) is 0 Å². The first-order valence-corrected chi connectivity index (χ1v) is 13.0. The van der Waals surface area contributed by atoms with Crippen molar-refractivity contribution < 1.29 is 0 Å². The average molecular weight is 495 g/mol. The van der Waals surface area contributed by atoms with Gasteiger partial charge in [-0.3, -0.25) is 0 Å². The third-order valence-corrected chi connectivity index (χ3v) is 8.79. The summed E-state index contributed by atoms with van der Waals surface area (Å²) in [6.07, 6.45) is 6.72. The molecule has 4 aromatic rings. The highest BCUT2D eigenvalue weighted by Gasteiger charge is 2.23. The van der Waals surface area contributed by atoms with Gasteiger partial charge in [-0.05, 0) is 58.6 Å². The maximum Gasteiger partial charge on any atom is 0.00468 e. The fourth-order valence-corrected chi connectivity index (χ4v) is 7.33. The fraction of sp³-hybridized carbons (Fsp3) is 0.0667. The molecule has 6 rings (SSSR count). The minimum absolute atomic E-state index is 0.437. The van der Waals surface area contributed by atoms with Gasteiger partial charge in [-0.25, -0.2) is 0 Å². The standard InChI is InChI=1S/C21H17P.C9H7Br/c1-3-11-19(12-4-1)22(20-13-5-2-6-14-20)21-15-17-9-7-8-10-18(17)16-21;10-9-5-7-3-1-2-4-8(7)6-9/h1-15H,16H2;1-5H,6H2. The first kappa shape index (κ1) is 21.1. The molecular formula is C30H24BrP. The van der Waals surface area contributed by atoms with E-state index in [4.69, 9.17) is 0 Å². The van der Waals surface area contributed by atoms with Crippen molar-refractivity contribution in [2.75, 3.05) is 0 Å². The summed E-state index contributed by atoms with van der Waals surface area (Å²) in [5.41, 5.74) is 5.62. The molecule has 4 aromatic carbocycles. The Morgan fingerprint density at radius 3 is 1.50 bits per heavy atom. The van der Waals surface area contributed by atoms with E-state index >= 15 is 0 Å². The second-order valence-corrected chi connectivity index (χ2v) is 11.3. The highest BCUT2D eigenvalue weighted by molar-refractivity contribution is 9.11. The molecule has 0 nitrogen and oxygen atoms in total. The third kappa shape index (κ3) is 4.70. The van der Waals surface area contributed by atoms with E-state index in [1.54, 1.807) is 5.31 Å². The number of benzene rings is 4. The molecular weight excluding hydrogens is 471 g/mol. The lowest BCUT2D eigenvalue weighted by Crippen LogP contribution is -2.12. The molecule has 2 aliphatic rings. The molecule has 0 amide bonds. The summed E-state index contributed by atoms with van der Waals surface area (Å²) in [4.78, 5) is 0. The van der Waals surface area contributed by atoms with Gasteiger partial charge >= 0.3 is 0 Å². The molecule has 0 saturated heterocycles. The van der Waals surface area contributed by atoms with Crippen LogP contribution in [0.5, 0.6) is 0 Å². The van der Waals surface area contributed by atoms with Crippen LogP contribution in [-0.4, -0.2) is 0 Å². The molecule has 0 heterocycles. The van der Waals surface area contributed by atoms with Crippen molar-refractivity contribution in [1.29, 1.82) is 0 Å². The van der Waals surface area contributed by atoms with Gasteiger partial charge in [0, 0.05) is 10.9 Å². The van der Waals surface area contributed by atoms with E-state index in [1.165, 1.54) is 37.3 Å². The van der Waals surface area contributed by atoms with Crippen LogP contribution in [0.2, 0.25) is 0 Å². The molecule has 0 N–H and O–H groups in total. The third-order valence-electron chi connectivity index (χ3n) is 5.79. The largest absolute Gasteiger partial charge is 0.0622 e. The second kappa shape index (κ2) is 9.82. The predicted molar refractivity (Wildman–Crippen MR) is 144 cm³/mol. The lowest BCUT2D eigenvalue weighted by molar-refractivity contribution is 1.29. The monoisotopic (exact) mass is 494 g/mol. The van der Waals surface area contributed by atoms with Crippen LogP contribution in [0.3, 0.4) is 0 Å². The van der Waals surface area contributed by atoms with E-state index in [2.05, 4.69) is 137 Å². The Labute approximate surface area is 200 Å². The maximum absolute atomic E-state index is 3.48. The summed E-state index contributed by atoms with van der Waals surface area (Å²) in [5.74, 6) is 0. The van der Waals surface area contributed by atoms with Gasteiger partial charge in [0.15, 0.2) is 0 Å². The second-order valence-electron chi connectivity index (χ2n) is 7.98. The van der Waals surface area contributed by atoms with Crippen LogP contribution >= 0.6 is 23.9 Å². The molecule has 0 atom stereocenters. The molecule has 0 saturated carbocycles. The van der Waals surface area contributed by atoms with Gasteiger partial charge in [-0.15, -0.1) is 0 Å². The molecule has 0 unspecified atom stereocenters. The molecule has 0 aliphatic heterocycles. The van der Waals surface area contributed by atoms with Gasteiger partial charge < -0.3 is 0 Å². The van der Waals surface area contributed by atoms with E-state index < -0.39 is 7.92 Å². The Morgan fingerprint density at radius 2 is 0.969 bits per heavy atom. The van der Waals surface area contributed by atoms with Gasteiger partial charge in [0.05, 0.1) is 0 Å². The Bertz CT molecular complexity index is 1230. The number of hydrogen-bond donors (Lipinski definition) is 0. The Morgan fingerprint density at radius 1 is 0.500 bits per heavy atom. The molecule has 2 heteroatoms. The Balaban J connectivity index is 0.000000180. The van der Waals surface area contributed by atoms with Gasteiger partial charge in [-0.1, -0.05) is 131 Å². The van der Waals surface area contributed by atoms with E-state index in [-0.39, 0.29) is 0 Å². The average Bonchev–Trinajstić information content (AvgIpc) is 3.43. The van der Waals surface area contributed by atoms with Crippen LogP contribution in [-0.2, 0) is 12.8 Å². The summed E-state index contributed by atoms with van der Waals surface area (Å²) in [6.45, 7) is 0. The first-order valence-electron chi connectivity index (χ1n) is 10.9. The van der Waals surface area contributed by atoms with Gasteiger partial charge in [0.2, 0.25) is 0 Å². The van der Waals surface area contributed by atoms with Crippen LogP contribution in [0, 0.1) is 0 Å². The Kier molecular flexibility index (Phi) is 6.49. The molecule has 32 heavy (non-hydrogen) atoms. The first-order chi connectivity index (χ1) is 15.8. The molecule has 0 radical (unpaired) electrons. The molecule has 2 aliphatic carbocycles. The number of allylic oxidation sites excluding steroid dienone is 2. The fourth-order valence-electron chi connectivity index (χ4n) is 4.28. The van der Waals surface area contributed by atoms with Crippen molar-refractivity contribution in [2.45, 2.75) is 12.8 Å². The van der Waals surface area contributed by atoms with E-state index in [9.17, 15) is 0 Å². The lowest BCUT2D eigenvalue weighted by Gasteiger charge is -2.20. The lowest BCUT2D eigenvalue weighted by atomic mass is 10.1. The van der Waals surface area contributed by atoms with E-state index in [0.717, 1.165) is 12.8 Å². The van der Waals surface area contributed by atoms with Crippen molar-refractivity contribution in [2.24, 2.45) is 0 Å². The van der Waals surface area contributed by atoms with Crippen LogP contribution in [0.15, 0.2) is 119 Å². The van der Waals surface area contributed by atoms with Crippen molar-refractivity contribution in [3.63, 3.8) is 0 Å². The summed E-state index contributed by atoms with van der Waals surface area (Å²) in [7, 11) is -0.437. The van der Waals surface area contributed by atoms with Gasteiger partial charge in [0.1, 0.15) is 0 Å². The molecule has 0 spiro atoms. The Hall–Kier alpha value is -2.73. The minimum atomic E-state index is -0.437. The maximum atomic E-state index is 3.48. The highest BCUT2D eigenvalue weighted by Crippen LogP contribution is 2.48. The van der Waals surface area contributed by atoms with Crippen molar-refractivity contribution >= 4 is 46.6 Å². The highest BCUT2D eigenvalue weighted by atomic mass is 79.9. The number of fused-ring (bicyclic) bond motifs is 2. The zero-order chi connectivity index (χ0) is 21.8.